The van der Waals surface area contributed by atoms with Crippen LogP contribution >= 0.6 is 11.6 Å². The molecule has 2 heterocycles. The minimum atomic E-state index is -0.285. The number of nitrogens with zero attached hydrogens (tertiary/aromatic N) is 2. The van der Waals surface area contributed by atoms with Crippen molar-refractivity contribution in [3.8, 4) is 11.5 Å². The Kier molecular flexibility index (Phi) is 5.16. The van der Waals surface area contributed by atoms with Crippen molar-refractivity contribution in [1.82, 2.24) is 10.3 Å². The Labute approximate surface area is 166 Å². The zero-order chi connectivity index (χ0) is 19.5. The second-order valence-corrected chi connectivity index (χ2v) is 6.91. The summed E-state index contributed by atoms with van der Waals surface area (Å²) >= 11 is 5.92. The molecule has 0 bridgehead atoms. The van der Waals surface area contributed by atoms with E-state index in [0.717, 1.165) is 16.8 Å². The van der Waals surface area contributed by atoms with Crippen LogP contribution in [0.4, 0.5) is 0 Å². The van der Waals surface area contributed by atoms with E-state index in [0.29, 0.717) is 35.9 Å². The second kappa shape index (κ2) is 7.90. The number of carbonyl (C=O) groups is 2. The van der Waals surface area contributed by atoms with Gasteiger partial charge in [0, 0.05) is 24.4 Å². The summed E-state index contributed by atoms with van der Waals surface area (Å²) in [6.45, 7) is 0.405. The minimum Gasteiger partial charge on any atom is -0.454 e. The van der Waals surface area contributed by atoms with Gasteiger partial charge in [0.2, 0.25) is 18.6 Å². The Morgan fingerprint density at radius 3 is 2.71 bits per heavy atom. The number of hydrogen-bond donors (Lipinski definition) is 1. The first kappa shape index (κ1) is 18.3. The highest BCUT2D eigenvalue weighted by Crippen LogP contribution is 2.32. The van der Waals surface area contributed by atoms with Crippen LogP contribution in [-0.2, 0) is 16.1 Å². The Balaban J connectivity index is 1.38. The summed E-state index contributed by atoms with van der Waals surface area (Å²) in [4.78, 5) is 24.5. The number of rotatable bonds is 5. The molecule has 0 fully saturated rings. The topological polar surface area (TPSA) is 80.2 Å². The summed E-state index contributed by atoms with van der Waals surface area (Å²) in [6, 6.07) is 12.8. The van der Waals surface area contributed by atoms with E-state index in [4.69, 9.17) is 21.1 Å². The summed E-state index contributed by atoms with van der Waals surface area (Å²) < 4.78 is 10.6. The van der Waals surface area contributed by atoms with Crippen LogP contribution in [0, 0.1) is 0 Å². The van der Waals surface area contributed by atoms with Crippen molar-refractivity contribution in [2.24, 2.45) is 5.10 Å². The molecule has 7 nitrogen and oxygen atoms in total. The third kappa shape index (κ3) is 4.09. The van der Waals surface area contributed by atoms with Gasteiger partial charge in [0.1, 0.15) is 6.54 Å². The van der Waals surface area contributed by atoms with E-state index >= 15 is 0 Å². The highest BCUT2D eigenvalue weighted by molar-refractivity contribution is 6.30. The van der Waals surface area contributed by atoms with Gasteiger partial charge in [-0.15, -0.1) is 0 Å². The van der Waals surface area contributed by atoms with Gasteiger partial charge in [-0.25, -0.2) is 5.01 Å². The second-order valence-electron chi connectivity index (χ2n) is 6.47. The molecule has 0 aromatic heterocycles. The number of carbonyl (C=O) groups excluding carboxylic acids is 2. The zero-order valence-corrected chi connectivity index (χ0v) is 15.7. The number of benzene rings is 2. The van der Waals surface area contributed by atoms with Gasteiger partial charge in [0.15, 0.2) is 11.5 Å². The van der Waals surface area contributed by atoms with E-state index in [2.05, 4.69) is 10.4 Å². The average molecular weight is 400 g/mol. The molecule has 2 aliphatic rings. The molecular formula is C20H18ClN3O4. The lowest BCUT2D eigenvalue weighted by atomic mass is 10.0. The van der Waals surface area contributed by atoms with Crippen molar-refractivity contribution in [2.45, 2.75) is 19.4 Å². The molecule has 0 saturated carbocycles. The van der Waals surface area contributed by atoms with Gasteiger partial charge in [-0.2, -0.15) is 5.10 Å². The molecule has 8 heteroatoms. The van der Waals surface area contributed by atoms with Gasteiger partial charge in [-0.05, 0) is 35.4 Å². The van der Waals surface area contributed by atoms with Gasteiger partial charge in [0.05, 0.1) is 5.71 Å². The van der Waals surface area contributed by atoms with Crippen molar-refractivity contribution >= 4 is 29.1 Å². The number of hydrogen-bond acceptors (Lipinski definition) is 5. The molecule has 0 saturated heterocycles. The fourth-order valence-corrected chi connectivity index (χ4v) is 3.14. The fourth-order valence-electron chi connectivity index (χ4n) is 3.02. The maximum atomic E-state index is 12.3. The van der Waals surface area contributed by atoms with Crippen LogP contribution < -0.4 is 14.8 Å². The molecule has 0 unspecified atom stereocenters. The average Bonchev–Trinajstić information content (AvgIpc) is 3.17. The van der Waals surface area contributed by atoms with Crippen molar-refractivity contribution < 1.29 is 19.1 Å². The molecule has 0 atom stereocenters. The van der Waals surface area contributed by atoms with Crippen LogP contribution in [0.15, 0.2) is 47.6 Å². The van der Waals surface area contributed by atoms with E-state index in [1.54, 1.807) is 18.2 Å². The Hall–Kier alpha value is -3.06. The number of nitrogens with one attached hydrogen (secondary N) is 1. The quantitative estimate of drug-likeness (QED) is 0.838. The molecular weight excluding hydrogens is 382 g/mol. The molecule has 2 aromatic carbocycles. The van der Waals surface area contributed by atoms with Crippen molar-refractivity contribution in [2.75, 3.05) is 13.3 Å². The van der Waals surface area contributed by atoms with E-state index < -0.39 is 0 Å². The Morgan fingerprint density at radius 2 is 1.89 bits per heavy atom. The van der Waals surface area contributed by atoms with Gasteiger partial charge in [-0.3, -0.25) is 9.59 Å². The highest BCUT2D eigenvalue weighted by atomic mass is 35.5. The molecule has 144 valence electrons. The van der Waals surface area contributed by atoms with Crippen LogP contribution in [-0.4, -0.2) is 35.9 Å². The number of hydrazone groups is 1. The molecule has 1 N–H and O–H groups in total. The smallest absolute Gasteiger partial charge is 0.243 e. The molecule has 2 amide bonds. The van der Waals surface area contributed by atoms with E-state index in [9.17, 15) is 9.59 Å². The lowest BCUT2D eigenvalue weighted by Crippen LogP contribution is -2.40. The molecule has 4 rings (SSSR count). The maximum absolute atomic E-state index is 12.3. The zero-order valence-electron chi connectivity index (χ0n) is 15.0. The van der Waals surface area contributed by atoms with Crippen LogP contribution in [0.5, 0.6) is 11.5 Å². The fraction of sp³-hybridized carbons (Fsp3) is 0.250. The Bertz CT molecular complexity index is 943. The first-order valence-electron chi connectivity index (χ1n) is 8.87. The van der Waals surface area contributed by atoms with Crippen LogP contribution in [0.1, 0.15) is 24.0 Å². The number of fused-ring (bicyclic) bond motifs is 1. The molecule has 2 aliphatic heterocycles. The lowest BCUT2D eigenvalue weighted by Gasteiger charge is -2.23. The number of ether oxygens (including phenoxy) is 2. The first-order valence-corrected chi connectivity index (χ1v) is 9.25. The molecule has 28 heavy (non-hydrogen) atoms. The SMILES string of the molecule is O=C(CN1N=C(c2ccc(Cl)cc2)CCC1=O)NCc1ccc2c(c1)OCO2. The van der Waals surface area contributed by atoms with E-state index in [1.807, 2.05) is 24.3 Å². The maximum Gasteiger partial charge on any atom is 0.243 e. The van der Waals surface area contributed by atoms with Crippen LogP contribution in [0.2, 0.25) is 5.02 Å². The normalized spacial score (nSPS) is 15.4. The van der Waals surface area contributed by atoms with Crippen LogP contribution in [0.25, 0.3) is 0 Å². The van der Waals surface area contributed by atoms with E-state index in [-0.39, 0.29) is 25.2 Å². The molecule has 0 spiro atoms. The molecule has 2 aromatic rings. The third-order valence-electron chi connectivity index (χ3n) is 4.50. The van der Waals surface area contributed by atoms with E-state index in [1.165, 1.54) is 5.01 Å². The van der Waals surface area contributed by atoms with Gasteiger partial charge >= 0.3 is 0 Å². The molecule has 0 radical (unpaired) electrons. The molecule has 0 aliphatic carbocycles. The predicted octanol–water partition coefficient (Wildman–Crippen LogP) is 2.71. The standard InChI is InChI=1S/C20H18ClN3O4/c21-15-4-2-14(3-5-15)16-6-8-20(26)24(23-16)11-19(25)22-10-13-1-7-17-18(9-13)28-12-27-17/h1-5,7,9H,6,8,10-12H2,(H,22,25). The van der Waals surface area contributed by atoms with Gasteiger partial charge in [0.25, 0.3) is 0 Å². The highest BCUT2D eigenvalue weighted by Gasteiger charge is 2.23. The Morgan fingerprint density at radius 1 is 1.11 bits per heavy atom. The van der Waals surface area contributed by atoms with Crippen molar-refractivity contribution in [3.05, 3.63) is 58.6 Å². The summed E-state index contributed by atoms with van der Waals surface area (Å²) in [6.07, 6.45) is 0.854. The summed E-state index contributed by atoms with van der Waals surface area (Å²) in [5.41, 5.74) is 2.54. The van der Waals surface area contributed by atoms with Gasteiger partial charge in [-0.1, -0.05) is 29.8 Å². The van der Waals surface area contributed by atoms with Crippen LogP contribution in [0.3, 0.4) is 0 Å². The minimum absolute atomic E-state index is 0.125. The van der Waals surface area contributed by atoms with Crippen molar-refractivity contribution in [3.63, 3.8) is 0 Å². The largest absolute Gasteiger partial charge is 0.454 e. The van der Waals surface area contributed by atoms with Gasteiger partial charge < -0.3 is 14.8 Å². The summed E-state index contributed by atoms with van der Waals surface area (Å²) in [7, 11) is 0. The monoisotopic (exact) mass is 399 g/mol. The summed E-state index contributed by atoms with van der Waals surface area (Å²) in [5, 5.41) is 9.03. The van der Waals surface area contributed by atoms with Crippen molar-refractivity contribution in [1.29, 1.82) is 0 Å². The number of halogens is 1. The lowest BCUT2D eigenvalue weighted by molar-refractivity contribution is -0.136. The number of amides is 2. The third-order valence-corrected chi connectivity index (χ3v) is 4.75. The summed E-state index contributed by atoms with van der Waals surface area (Å²) in [5.74, 6) is 0.899. The first-order chi connectivity index (χ1) is 13.6. The predicted molar refractivity (Wildman–Crippen MR) is 103 cm³/mol.